The lowest BCUT2D eigenvalue weighted by molar-refractivity contribution is -0.130. The molecule has 236 valence electrons. The average molecular weight is 599 g/mol. The van der Waals surface area contributed by atoms with Gasteiger partial charge in [0, 0.05) is 28.7 Å². The Hall–Kier alpha value is -4.14. The zero-order chi connectivity index (χ0) is 32.2. The highest BCUT2D eigenvalue weighted by Crippen LogP contribution is 2.57. The Kier molecular flexibility index (Phi) is 13.4. The van der Waals surface area contributed by atoms with Gasteiger partial charge in [0.1, 0.15) is 0 Å². The van der Waals surface area contributed by atoms with E-state index >= 15 is 0 Å². The van der Waals surface area contributed by atoms with Crippen molar-refractivity contribution in [3.8, 4) is 40.2 Å². The van der Waals surface area contributed by atoms with E-state index in [4.69, 9.17) is 33.2 Å². The van der Waals surface area contributed by atoms with Gasteiger partial charge in [-0.05, 0) is 46.6 Å². The third kappa shape index (κ3) is 8.03. The molecule has 0 heterocycles. The van der Waals surface area contributed by atoms with Crippen molar-refractivity contribution in [1.29, 1.82) is 0 Å². The second kappa shape index (κ2) is 16.5. The highest BCUT2D eigenvalue weighted by atomic mass is 16.6. The Morgan fingerprint density at radius 3 is 1.67 bits per heavy atom. The predicted molar refractivity (Wildman–Crippen MR) is 166 cm³/mol. The number of carbonyl (C=O) groups excluding carboxylic acids is 2. The molecule has 0 spiro atoms. The van der Waals surface area contributed by atoms with Crippen molar-refractivity contribution in [3.05, 3.63) is 54.1 Å². The maximum Gasteiger partial charge on any atom is 0.335 e. The molecule has 0 N–H and O–H groups in total. The maximum atomic E-state index is 12.7. The fraction of sp³-hybridized carbons (Fsp3) is 0.471. The summed E-state index contributed by atoms with van der Waals surface area (Å²) in [6.07, 6.45) is 3.59. The molecule has 0 aromatic heterocycles. The summed E-state index contributed by atoms with van der Waals surface area (Å²) in [6.45, 7) is 24.1. The molecule has 0 bridgehead atoms. The first-order chi connectivity index (χ1) is 20.6. The number of esters is 2. The van der Waals surface area contributed by atoms with Gasteiger partial charge in [-0.15, -0.1) is 0 Å². The monoisotopic (exact) mass is 598 g/mol. The minimum Gasteiger partial charge on any atom is -0.490 e. The van der Waals surface area contributed by atoms with Crippen molar-refractivity contribution in [3.63, 3.8) is 0 Å². The molecule has 43 heavy (non-hydrogen) atoms. The lowest BCUT2D eigenvalue weighted by Gasteiger charge is -2.34. The fourth-order valence-corrected chi connectivity index (χ4v) is 4.59. The number of ether oxygens (including phenoxy) is 7. The van der Waals surface area contributed by atoms with Gasteiger partial charge in [0.15, 0.2) is 34.5 Å². The second-order valence-corrected chi connectivity index (χ2v) is 9.96. The normalized spacial score (nSPS) is 10.9. The maximum absolute atomic E-state index is 12.7. The quantitative estimate of drug-likeness (QED) is 0.0996. The average Bonchev–Trinajstić information content (AvgIpc) is 2.98. The molecule has 2 aromatic rings. The van der Waals surface area contributed by atoms with Crippen LogP contribution in [0.5, 0.6) is 40.2 Å². The lowest BCUT2D eigenvalue weighted by Crippen LogP contribution is -2.25. The summed E-state index contributed by atoms with van der Waals surface area (Å²) in [5, 5.41) is 0. The van der Waals surface area contributed by atoms with Crippen LogP contribution in [-0.2, 0) is 15.0 Å². The van der Waals surface area contributed by atoms with Gasteiger partial charge in [0.05, 0.1) is 38.6 Å². The van der Waals surface area contributed by atoms with Crippen LogP contribution in [0, 0.1) is 6.92 Å². The van der Waals surface area contributed by atoms with Crippen molar-refractivity contribution in [1.82, 2.24) is 0 Å². The first-order valence-corrected chi connectivity index (χ1v) is 14.8. The Balaban J connectivity index is 3.14. The van der Waals surface area contributed by atoms with E-state index in [0.717, 1.165) is 12.2 Å². The molecule has 9 heteroatoms. The highest BCUT2D eigenvalue weighted by molar-refractivity contribution is 5.86. The Bertz CT molecular complexity index is 1290. The van der Waals surface area contributed by atoms with Crippen molar-refractivity contribution in [2.45, 2.75) is 73.6 Å². The van der Waals surface area contributed by atoms with E-state index in [0.29, 0.717) is 85.6 Å². The van der Waals surface area contributed by atoms with Crippen molar-refractivity contribution in [2.24, 2.45) is 0 Å². The van der Waals surface area contributed by atoms with Crippen LogP contribution in [0.3, 0.4) is 0 Å². The summed E-state index contributed by atoms with van der Waals surface area (Å²) in [4.78, 5) is 25.0. The molecule has 0 unspecified atom stereocenters. The van der Waals surface area contributed by atoms with E-state index < -0.39 is 17.4 Å². The molecule has 0 saturated heterocycles. The molecule has 0 aliphatic carbocycles. The van der Waals surface area contributed by atoms with Crippen LogP contribution < -0.4 is 33.2 Å². The van der Waals surface area contributed by atoms with Crippen LogP contribution in [0.15, 0.2) is 37.4 Å². The molecule has 0 amide bonds. The van der Waals surface area contributed by atoms with Crippen LogP contribution in [0.1, 0.15) is 78.0 Å². The van der Waals surface area contributed by atoms with Gasteiger partial charge in [-0.3, -0.25) is 0 Å². The predicted octanol–water partition coefficient (Wildman–Crippen LogP) is 7.28. The van der Waals surface area contributed by atoms with Gasteiger partial charge >= 0.3 is 11.9 Å². The van der Waals surface area contributed by atoms with Gasteiger partial charge < -0.3 is 33.2 Å². The third-order valence-electron chi connectivity index (χ3n) is 6.44. The Labute approximate surface area is 255 Å². The SMILES string of the molecule is C=CC(=O)Oc1ccc(C(C)(C)c2c(OCC)c(OCC)c(C)c(OCC)c2OC(=O)C=C)c(OCCC)c1OCCC. The topological polar surface area (TPSA) is 98.8 Å². The van der Waals surface area contributed by atoms with E-state index in [-0.39, 0.29) is 17.2 Å². The number of rotatable bonds is 18. The largest absolute Gasteiger partial charge is 0.490 e. The highest BCUT2D eigenvalue weighted by Gasteiger charge is 2.40. The summed E-state index contributed by atoms with van der Waals surface area (Å²) >= 11 is 0. The first kappa shape index (κ1) is 35.1. The standard InChI is InChI=1S/C34H46O9/c1-11-20-40-30-23(18-19-24(42-25(35)13-3)31(30)41-21-12-2)34(9,10)27-32(39-17-7)28(37-15-5)22(8)29(38-16-6)33(27)43-26(36)14-4/h13-14,18-19H,3-4,11-12,15-17,20-21H2,1-2,5-10H3. The molecule has 2 aromatic carbocycles. The molecular formula is C34H46O9. The molecule has 0 atom stereocenters. The Morgan fingerprint density at radius 1 is 0.674 bits per heavy atom. The second-order valence-electron chi connectivity index (χ2n) is 9.96. The zero-order valence-corrected chi connectivity index (χ0v) is 26.8. The third-order valence-corrected chi connectivity index (χ3v) is 6.44. The summed E-state index contributed by atoms with van der Waals surface area (Å²) in [5.74, 6) is 0.977. The lowest BCUT2D eigenvalue weighted by atomic mass is 9.75. The van der Waals surface area contributed by atoms with Crippen molar-refractivity contribution >= 4 is 11.9 Å². The van der Waals surface area contributed by atoms with Crippen LogP contribution in [0.4, 0.5) is 0 Å². The molecular weight excluding hydrogens is 552 g/mol. The van der Waals surface area contributed by atoms with E-state index in [1.54, 1.807) is 12.1 Å². The number of hydrogen-bond donors (Lipinski definition) is 0. The van der Waals surface area contributed by atoms with Gasteiger partial charge in [0.25, 0.3) is 0 Å². The fourth-order valence-electron chi connectivity index (χ4n) is 4.59. The first-order valence-electron chi connectivity index (χ1n) is 14.8. The minimum atomic E-state index is -0.985. The van der Waals surface area contributed by atoms with Crippen LogP contribution >= 0.6 is 0 Å². The molecule has 0 saturated carbocycles. The summed E-state index contributed by atoms with van der Waals surface area (Å²) in [5.41, 5.74) is 0.803. The van der Waals surface area contributed by atoms with Gasteiger partial charge in [-0.25, -0.2) is 9.59 Å². The van der Waals surface area contributed by atoms with Crippen LogP contribution in [0.2, 0.25) is 0 Å². The van der Waals surface area contributed by atoms with Crippen LogP contribution in [0.25, 0.3) is 0 Å². The van der Waals surface area contributed by atoms with Crippen molar-refractivity contribution in [2.75, 3.05) is 33.0 Å². The molecule has 0 radical (unpaired) electrons. The zero-order valence-electron chi connectivity index (χ0n) is 26.8. The molecule has 0 aliphatic heterocycles. The minimum absolute atomic E-state index is 0.181. The van der Waals surface area contributed by atoms with E-state index in [1.165, 1.54) is 0 Å². The van der Waals surface area contributed by atoms with Crippen LogP contribution in [-0.4, -0.2) is 45.0 Å². The molecule has 0 fully saturated rings. The van der Waals surface area contributed by atoms with Gasteiger partial charge in [-0.2, -0.15) is 0 Å². The van der Waals surface area contributed by atoms with E-state index in [1.807, 2.05) is 55.4 Å². The molecule has 9 nitrogen and oxygen atoms in total. The van der Waals surface area contributed by atoms with Gasteiger partial charge in [0.2, 0.25) is 5.75 Å². The van der Waals surface area contributed by atoms with E-state index in [2.05, 4.69) is 13.2 Å². The Morgan fingerprint density at radius 2 is 1.16 bits per heavy atom. The smallest absolute Gasteiger partial charge is 0.335 e. The number of benzene rings is 2. The summed E-state index contributed by atoms with van der Waals surface area (Å²) in [6, 6.07) is 3.45. The number of hydrogen-bond acceptors (Lipinski definition) is 9. The summed E-state index contributed by atoms with van der Waals surface area (Å²) < 4.78 is 42.4. The molecule has 2 rings (SSSR count). The van der Waals surface area contributed by atoms with E-state index in [9.17, 15) is 9.59 Å². The summed E-state index contributed by atoms with van der Waals surface area (Å²) in [7, 11) is 0. The van der Waals surface area contributed by atoms with Crippen molar-refractivity contribution < 1.29 is 42.7 Å². The molecule has 0 aliphatic rings. The van der Waals surface area contributed by atoms with Gasteiger partial charge in [-0.1, -0.05) is 46.9 Å². The number of carbonyl (C=O) groups is 2.